The van der Waals surface area contributed by atoms with Crippen molar-refractivity contribution in [3.05, 3.63) is 43.0 Å². The van der Waals surface area contributed by atoms with Crippen LogP contribution in [0.2, 0.25) is 0 Å². The zero-order chi connectivity index (χ0) is 12.3. The summed E-state index contributed by atoms with van der Waals surface area (Å²) in [6.45, 7) is 3.37. The molecule has 1 fully saturated rings. The maximum absolute atomic E-state index is 12.0. The largest absolute Gasteiger partial charge is 0.338 e. The third-order valence-corrected chi connectivity index (χ3v) is 2.76. The number of rotatable bonds is 4. The van der Waals surface area contributed by atoms with E-state index in [1.165, 1.54) is 6.08 Å². The Bertz CT molecular complexity index is 450. The number of benzene rings is 1. The molecule has 2 amide bonds. The van der Waals surface area contributed by atoms with Crippen molar-refractivity contribution >= 4 is 17.5 Å². The van der Waals surface area contributed by atoms with Gasteiger partial charge in [0.15, 0.2) is 0 Å². The summed E-state index contributed by atoms with van der Waals surface area (Å²) in [6, 6.07) is 9.18. The highest BCUT2D eigenvalue weighted by atomic mass is 16.2. The first kappa shape index (κ1) is 11.4. The van der Waals surface area contributed by atoms with Crippen molar-refractivity contribution in [2.45, 2.75) is 18.4 Å². The molecule has 4 nitrogen and oxygen atoms in total. The fourth-order valence-corrected chi connectivity index (χ4v) is 1.59. The smallest absolute Gasteiger partial charge is 0.250 e. The molecule has 0 heterocycles. The topological polar surface area (TPSA) is 58.2 Å². The molecule has 2 N–H and O–H groups in total. The van der Waals surface area contributed by atoms with E-state index in [2.05, 4.69) is 17.2 Å². The summed E-state index contributed by atoms with van der Waals surface area (Å²) in [5.74, 6) is -0.482. The minimum atomic E-state index is -0.735. The molecule has 0 aromatic heterocycles. The molecule has 2 rings (SSSR count). The Morgan fingerprint density at radius 1 is 1.24 bits per heavy atom. The second kappa shape index (κ2) is 4.41. The molecular weight excluding hydrogens is 216 g/mol. The lowest BCUT2D eigenvalue weighted by molar-refractivity contribution is -0.124. The van der Waals surface area contributed by atoms with Crippen LogP contribution in [0, 0.1) is 0 Å². The van der Waals surface area contributed by atoms with E-state index in [-0.39, 0.29) is 11.8 Å². The van der Waals surface area contributed by atoms with Crippen molar-refractivity contribution in [1.29, 1.82) is 0 Å². The predicted molar refractivity (Wildman–Crippen MR) is 65.4 cm³/mol. The van der Waals surface area contributed by atoms with Gasteiger partial charge >= 0.3 is 0 Å². The number of hydrogen-bond donors (Lipinski definition) is 2. The Morgan fingerprint density at radius 2 is 1.88 bits per heavy atom. The molecule has 17 heavy (non-hydrogen) atoms. The van der Waals surface area contributed by atoms with Crippen LogP contribution in [0.1, 0.15) is 12.8 Å². The van der Waals surface area contributed by atoms with Crippen LogP contribution in [0.15, 0.2) is 43.0 Å². The van der Waals surface area contributed by atoms with Gasteiger partial charge in [-0.15, -0.1) is 0 Å². The lowest BCUT2D eigenvalue weighted by Crippen LogP contribution is -2.45. The number of anilines is 1. The van der Waals surface area contributed by atoms with E-state index in [4.69, 9.17) is 0 Å². The summed E-state index contributed by atoms with van der Waals surface area (Å²) in [7, 11) is 0. The summed E-state index contributed by atoms with van der Waals surface area (Å²) < 4.78 is 0. The molecule has 1 aromatic carbocycles. The zero-order valence-corrected chi connectivity index (χ0v) is 9.40. The SMILES string of the molecule is C=CC(=O)NC1(C(=O)Nc2ccccc2)CC1. The van der Waals surface area contributed by atoms with E-state index in [9.17, 15) is 9.59 Å². The van der Waals surface area contributed by atoms with Gasteiger partial charge in [0, 0.05) is 5.69 Å². The summed E-state index contributed by atoms with van der Waals surface area (Å²) in [5, 5.41) is 5.45. The third kappa shape index (κ3) is 2.53. The predicted octanol–water partition coefficient (Wildman–Crippen LogP) is 1.46. The fourth-order valence-electron chi connectivity index (χ4n) is 1.59. The van der Waals surface area contributed by atoms with E-state index < -0.39 is 5.54 Å². The van der Waals surface area contributed by atoms with Gasteiger partial charge in [-0.3, -0.25) is 9.59 Å². The van der Waals surface area contributed by atoms with E-state index in [0.29, 0.717) is 12.8 Å². The first-order chi connectivity index (χ1) is 8.16. The normalized spacial score (nSPS) is 15.8. The van der Waals surface area contributed by atoms with Crippen molar-refractivity contribution in [2.24, 2.45) is 0 Å². The van der Waals surface area contributed by atoms with Crippen LogP contribution < -0.4 is 10.6 Å². The van der Waals surface area contributed by atoms with Crippen molar-refractivity contribution < 1.29 is 9.59 Å². The number of para-hydroxylation sites is 1. The number of carbonyl (C=O) groups excluding carboxylic acids is 2. The number of amides is 2. The number of carbonyl (C=O) groups is 2. The van der Waals surface area contributed by atoms with Gasteiger partial charge < -0.3 is 10.6 Å². The standard InChI is InChI=1S/C13H14N2O2/c1-2-11(16)15-13(8-9-13)12(17)14-10-6-4-3-5-7-10/h2-7H,1,8-9H2,(H,14,17)(H,15,16). The Morgan fingerprint density at radius 3 is 2.41 bits per heavy atom. The Kier molecular flexibility index (Phi) is 2.95. The molecule has 0 unspecified atom stereocenters. The average Bonchev–Trinajstić information content (AvgIpc) is 3.11. The number of nitrogens with one attached hydrogen (secondary N) is 2. The molecule has 1 aromatic rings. The molecule has 1 aliphatic rings. The van der Waals surface area contributed by atoms with Gasteiger partial charge in [0.05, 0.1) is 0 Å². The van der Waals surface area contributed by atoms with Crippen LogP contribution in [0.25, 0.3) is 0 Å². The minimum absolute atomic E-state index is 0.168. The third-order valence-electron chi connectivity index (χ3n) is 2.76. The van der Waals surface area contributed by atoms with Crippen LogP contribution in [0.4, 0.5) is 5.69 Å². The Labute approximate surface area is 99.7 Å². The van der Waals surface area contributed by atoms with Crippen LogP contribution >= 0.6 is 0 Å². The Hall–Kier alpha value is -2.10. The maximum atomic E-state index is 12.0. The fraction of sp³-hybridized carbons (Fsp3) is 0.231. The van der Waals surface area contributed by atoms with Crippen LogP contribution in [0.5, 0.6) is 0 Å². The van der Waals surface area contributed by atoms with Crippen LogP contribution in [0.3, 0.4) is 0 Å². The van der Waals surface area contributed by atoms with E-state index >= 15 is 0 Å². The Balaban J connectivity index is 2.01. The van der Waals surface area contributed by atoms with Gasteiger partial charge in [-0.1, -0.05) is 24.8 Å². The first-order valence-electron chi connectivity index (χ1n) is 5.47. The number of hydrogen-bond acceptors (Lipinski definition) is 2. The first-order valence-corrected chi connectivity index (χ1v) is 5.47. The zero-order valence-electron chi connectivity index (χ0n) is 9.40. The van der Waals surface area contributed by atoms with Gasteiger partial charge in [-0.05, 0) is 31.1 Å². The van der Waals surface area contributed by atoms with Gasteiger partial charge in [0.25, 0.3) is 0 Å². The summed E-state index contributed by atoms with van der Waals surface area (Å²) >= 11 is 0. The van der Waals surface area contributed by atoms with Gasteiger partial charge in [-0.2, -0.15) is 0 Å². The quantitative estimate of drug-likeness (QED) is 0.769. The van der Waals surface area contributed by atoms with Crippen molar-refractivity contribution in [1.82, 2.24) is 5.32 Å². The monoisotopic (exact) mass is 230 g/mol. The van der Waals surface area contributed by atoms with Gasteiger partial charge in [0.1, 0.15) is 5.54 Å². The molecule has 0 spiro atoms. The van der Waals surface area contributed by atoms with E-state index in [1.54, 1.807) is 0 Å². The summed E-state index contributed by atoms with van der Waals surface area (Å²) in [6.07, 6.45) is 2.52. The second-order valence-corrected chi connectivity index (χ2v) is 4.10. The molecule has 0 aliphatic heterocycles. The molecule has 0 bridgehead atoms. The maximum Gasteiger partial charge on any atom is 0.250 e. The highest BCUT2D eigenvalue weighted by molar-refractivity contribution is 6.03. The lowest BCUT2D eigenvalue weighted by atomic mass is 10.2. The molecule has 0 radical (unpaired) electrons. The molecule has 0 atom stereocenters. The molecular formula is C13H14N2O2. The van der Waals surface area contributed by atoms with Crippen molar-refractivity contribution in [2.75, 3.05) is 5.32 Å². The van der Waals surface area contributed by atoms with Gasteiger partial charge in [0.2, 0.25) is 11.8 Å². The highest BCUT2D eigenvalue weighted by Crippen LogP contribution is 2.36. The highest BCUT2D eigenvalue weighted by Gasteiger charge is 2.50. The van der Waals surface area contributed by atoms with Crippen molar-refractivity contribution in [3.63, 3.8) is 0 Å². The molecule has 0 saturated heterocycles. The van der Waals surface area contributed by atoms with E-state index in [0.717, 1.165) is 5.69 Å². The molecule has 88 valence electrons. The molecule has 4 heteroatoms. The summed E-state index contributed by atoms with van der Waals surface area (Å²) in [5.41, 5.74) is -0.00202. The van der Waals surface area contributed by atoms with Crippen LogP contribution in [-0.4, -0.2) is 17.4 Å². The molecule has 1 aliphatic carbocycles. The van der Waals surface area contributed by atoms with E-state index in [1.807, 2.05) is 30.3 Å². The second-order valence-electron chi connectivity index (χ2n) is 4.10. The van der Waals surface area contributed by atoms with Gasteiger partial charge in [-0.25, -0.2) is 0 Å². The van der Waals surface area contributed by atoms with Crippen molar-refractivity contribution in [3.8, 4) is 0 Å². The minimum Gasteiger partial charge on any atom is -0.338 e. The summed E-state index contributed by atoms with van der Waals surface area (Å²) in [4.78, 5) is 23.2. The van der Waals surface area contributed by atoms with Crippen LogP contribution in [-0.2, 0) is 9.59 Å². The lowest BCUT2D eigenvalue weighted by Gasteiger charge is -2.16. The molecule has 1 saturated carbocycles. The average molecular weight is 230 g/mol.